The van der Waals surface area contributed by atoms with E-state index in [1.165, 1.54) is 57.6 Å². The first-order valence-electron chi connectivity index (χ1n) is 8.85. The number of carbonyl (C=O) groups excluding carboxylic acids is 1. The molecular weight excluding hydrogens is 432 g/mol. The Balaban J connectivity index is 1.84. The maximum Gasteiger partial charge on any atom is 0.337 e. The monoisotopic (exact) mass is 456 g/mol. The fourth-order valence-corrected chi connectivity index (χ4v) is 4.44. The maximum absolute atomic E-state index is 12.2. The Morgan fingerprint density at radius 3 is 2.10 bits per heavy atom. The van der Waals surface area contributed by atoms with Crippen LogP contribution in [0.25, 0.3) is 0 Å². The van der Waals surface area contributed by atoms with Crippen LogP contribution in [0.4, 0.5) is 0 Å². The molecule has 0 amide bonds. The lowest BCUT2D eigenvalue weighted by Crippen LogP contribution is -2.29. The molecule has 2 rings (SSSR count). The van der Waals surface area contributed by atoms with Gasteiger partial charge in [0.2, 0.25) is 20.0 Å². The van der Waals surface area contributed by atoms with Gasteiger partial charge in [-0.2, -0.15) is 0 Å². The molecule has 2 aromatic carbocycles. The average molecular weight is 457 g/mol. The van der Waals surface area contributed by atoms with Crippen molar-refractivity contribution in [3.8, 4) is 5.75 Å². The van der Waals surface area contributed by atoms with E-state index >= 15 is 0 Å². The molecule has 164 valence electrons. The Hall–Kier alpha value is -2.47. The summed E-state index contributed by atoms with van der Waals surface area (Å²) in [6.07, 6.45) is 0. The molecule has 0 saturated heterocycles. The highest BCUT2D eigenvalue weighted by Crippen LogP contribution is 2.18. The van der Waals surface area contributed by atoms with Crippen molar-refractivity contribution in [2.75, 3.05) is 34.4 Å². The van der Waals surface area contributed by atoms with E-state index in [1.54, 1.807) is 12.1 Å². The van der Waals surface area contributed by atoms with Crippen molar-refractivity contribution in [3.05, 3.63) is 59.7 Å². The Labute approximate surface area is 176 Å². The average Bonchev–Trinajstić information content (AvgIpc) is 2.71. The molecule has 2 aromatic rings. The van der Waals surface area contributed by atoms with Crippen molar-refractivity contribution < 1.29 is 31.1 Å². The number of sulfonamides is 2. The second kappa shape index (κ2) is 10.0. The van der Waals surface area contributed by atoms with Crippen LogP contribution in [0.1, 0.15) is 15.9 Å². The lowest BCUT2D eigenvalue weighted by Gasteiger charge is -2.12. The lowest BCUT2D eigenvalue weighted by atomic mass is 10.1. The van der Waals surface area contributed by atoms with Crippen molar-refractivity contribution in [3.63, 3.8) is 0 Å². The van der Waals surface area contributed by atoms with Crippen LogP contribution in [-0.4, -0.2) is 61.5 Å². The highest BCUT2D eigenvalue weighted by Gasteiger charge is 2.17. The van der Waals surface area contributed by atoms with Crippen LogP contribution < -0.4 is 9.46 Å². The zero-order valence-electron chi connectivity index (χ0n) is 16.9. The zero-order chi connectivity index (χ0) is 22.4. The quantitative estimate of drug-likeness (QED) is 0.422. The van der Waals surface area contributed by atoms with Crippen LogP contribution in [0.3, 0.4) is 0 Å². The summed E-state index contributed by atoms with van der Waals surface area (Å²) in [5.41, 5.74) is 0.859. The van der Waals surface area contributed by atoms with E-state index in [0.717, 1.165) is 4.31 Å². The predicted octanol–water partition coefficient (Wildman–Crippen LogP) is 1.22. The van der Waals surface area contributed by atoms with E-state index in [1.807, 2.05) is 0 Å². The minimum absolute atomic E-state index is 0.0420. The predicted molar refractivity (Wildman–Crippen MR) is 111 cm³/mol. The van der Waals surface area contributed by atoms with Gasteiger partial charge in [0.15, 0.2) is 0 Å². The molecule has 0 aromatic heterocycles. The number of rotatable bonds is 10. The zero-order valence-corrected chi connectivity index (χ0v) is 18.5. The third kappa shape index (κ3) is 6.52. The number of hydrogen-bond donors (Lipinski definition) is 1. The third-order valence-corrected chi connectivity index (χ3v) is 7.21. The molecule has 0 saturated carbocycles. The summed E-state index contributed by atoms with van der Waals surface area (Å²) >= 11 is 0. The molecule has 0 radical (unpaired) electrons. The van der Waals surface area contributed by atoms with Crippen molar-refractivity contribution in [2.45, 2.75) is 10.6 Å². The molecule has 0 aliphatic rings. The summed E-state index contributed by atoms with van der Waals surface area (Å²) in [4.78, 5) is 11.5. The highest BCUT2D eigenvalue weighted by atomic mass is 32.2. The van der Waals surface area contributed by atoms with E-state index < -0.39 is 26.0 Å². The lowest BCUT2D eigenvalue weighted by molar-refractivity contribution is 0.0600. The fourth-order valence-electron chi connectivity index (χ4n) is 2.41. The maximum atomic E-state index is 12.2. The SMILES string of the molecule is COC(=O)c1ccc(CS(=O)(=O)NCCOc2ccc(S(=O)(=O)N(C)C)cc2)cc1. The smallest absolute Gasteiger partial charge is 0.337 e. The number of nitrogens with one attached hydrogen (secondary N) is 1. The second-order valence-electron chi connectivity index (χ2n) is 6.45. The Morgan fingerprint density at radius 1 is 0.967 bits per heavy atom. The topological polar surface area (TPSA) is 119 Å². The number of benzene rings is 2. The van der Waals surface area contributed by atoms with Gasteiger partial charge in [-0.25, -0.2) is 30.7 Å². The standard InChI is InChI=1S/C19H24N2O7S2/c1-21(2)30(25,26)18-10-8-17(9-11-18)28-13-12-20-29(23,24)14-15-4-6-16(7-5-15)19(22)27-3/h4-11,20H,12-14H2,1-3H3. The van der Waals surface area contributed by atoms with Crippen molar-refractivity contribution in [1.29, 1.82) is 0 Å². The van der Waals surface area contributed by atoms with Crippen LogP contribution in [-0.2, 0) is 30.5 Å². The van der Waals surface area contributed by atoms with Gasteiger partial charge in [0, 0.05) is 20.6 Å². The summed E-state index contributed by atoms with van der Waals surface area (Å²) in [5, 5.41) is 0. The molecule has 1 N–H and O–H groups in total. The van der Waals surface area contributed by atoms with Gasteiger partial charge in [0.25, 0.3) is 0 Å². The molecule has 0 heterocycles. The van der Waals surface area contributed by atoms with Gasteiger partial charge in [0.05, 0.1) is 23.3 Å². The first kappa shape index (κ1) is 23.8. The van der Waals surface area contributed by atoms with Gasteiger partial charge in [-0.15, -0.1) is 0 Å². The molecule has 0 spiro atoms. The molecule has 0 bridgehead atoms. The van der Waals surface area contributed by atoms with Gasteiger partial charge in [-0.05, 0) is 42.0 Å². The fraction of sp³-hybridized carbons (Fsp3) is 0.316. The second-order valence-corrected chi connectivity index (χ2v) is 10.4. The number of nitrogens with zero attached hydrogens (tertiary/aromatic N) is 1. The van der Waals surface area contributed by atoms with E-state index in [2.05, 4.69) is 9.46 Å². The summed E-state index contributed by atoms with van der Waals surface area (Å²) in [6.45, 7) is 0.112. The molecule has 0 fully saturated rings. The van der Waals surface area contributed by atoms with Crippen LogP contribution in [0.2, 0.25) is 0 Å². The van der Waals surface area contributed by atoms with E-state index in [0.29, 0.717) is 16.9 Å². The van der Waals surface area contributed by atoms with Crippen molar-refractivity contribution in [2.24, 2.45) is 0 Å². The van der Waals surface area contributed by atoms with Crippen molar-refractivity contribution >= 4 is 26.0 Å². The van der Waals surface area contributed by atoms with Crippen LogP contribution in [0, 0.1) is 0 Å². The molecule has 0 aliphatic heterocycles. The van der Waals surface area contributed by atoms with Gasteiger partial charge in [-0.1, -0.05) is 12.1 Å². The summed E-state index contributed by atoms with van der Waals surface area (Å²) < 4.78 is 62.0. The van der Waals surface area contributed by atoms with Gasteiger partial charge >= 0.3 is 5.97 Å². The number of esters is 1. The highest BCUT2D eigenvalue weighted by molar-refractivity contribution is 7.89. The Morgan fingerprint density at radius 2 is 1.57 bits per heavy atom. The minimum Gasteiger partial charge on any atom is -0.492 e. The number of ether oxygens (including phenoxy) is 2. The number of carbonyl (C=O) groups is 1. The molecular formula is C19H24N2O7S2. The molecule has 0 aliphatic carbocycles. The molecule has 30 heavy (non-hydrogen) atoms. The third-order valence-electron chi connectivity index (χ3n) is 4.03. The van der Waals surface area contributed by atoms with Crippen LogP contribution >= 0.6 is 0 Å². The van der Waals surface area contributed by atoms with Crippen LogP contribution in [0.5, 0.6) is 5.75 Å². The van der Waals surface area contributed by atoms with Crippen molar-refractivity contribution in [1.82, 2.24) is 9.03 Å². The first-order valence-corrected chi connectivity index (χ1v) is 11.9. The summed E-state index contributed by atoms with van der Waals surface area (Å²) in [7, 11) is -2.95. The normalized spacial score (nSPS) is 12.0. The van der Waals surface area contributed by atoms with Gasteiger partial charge < -0.3 is 9.47 Å². The number of hydrogen-bond acceptors (Lipinski definition) is 7. The summed E-state index contributed by atoms with van der Waals surface area (Å²) in [5.74, 6) is -0.316. The van der Waals surface area contributed by atoms with Gasteiger partial charge in [0.1, 0.15) is 12.4 Å². The Bertz CT molecular complexity index is 1060. The largest absolute Gasteiger partial charge is 0.492 e. The minimum atomic E-state index is -3.59. The van der Waals surface area contributed by atoms with E-state index in [9.17, 15) is 21.6 Å². The molecule has 0 atom stereocenters. The van der Waals surface area contributed by atoms with Gasteiger partial charge in [-0.3, -0.25) is 0 Å². The molecule has 9 nitrogen and oxygen atoms in total. The molecule has 11 heteroatoms. The summed E-state index contributed by atoms with van der Waals surface area (Å²) in [6, 6.07) is 12.0. The molecule has 0 unspecified atom stereocenters. The first-order chi connectivity index (χ1) is 14.0. The van der Waals surface area contributed by atoms with E-state index in [-0.39, 0.29) is 23.8 Å². The number of methoxy groups -OCH3 is 1. The van der Waals surface area contributed by atoms with Crippen LogP contribution in [0.15, 0.2) is 53.4 Å². The van der Waals surface area contributed by atoms with E-state index in [4.69, 9.17) is 4.74 Å². The Kier molecular flexibility index (Phi) is 7.96.